The first-order chi connectivity index (χ1) is 12.5. The first-order valence-electron chi connectivity index (χ1n) is 8.10. The molecule has 9 heteroatoms. The maximum absolute atomic E-state index is 12.3. The van der Waals surface area contributed by atoms with E-state index in [1.165, 1.54) is 4.57 Å². The molecule has 2 aromatic heterocycles. The largest absolute Gasteiger partial charge is 0.497 e. The lowest BCUT2D eigenvalue weighted by Gasteiger charge is -2.10. The summed E-state index contributed by atoms with van der Waals surface area (Å²) in [5, 5.41) is 3.23. The minimum atomic E-state index is -0.499. The second-order valence-corrected chi connectivity index (χ2v) is 5.77. The highest BCUT2D eigenvalue weighted by molar-refractivity contribution is 5.74. The molecule has 0 radical (unpaired) electrons. The van der Waals surface area contributed by atoms with Crippen molar-refractivity contribution in [2.45, 2.75) is 13.1 Å². The van der Waals surface area contributed by atoms with Gasteiger partial charge in [0.25, 0.3) is 5.56 Å². The summed E-state index contributed by atoms with van der Waals surface area (Å²) in [6, 6.07) is 7.63. The molecule has 0 unspecified atom stereocenters. The van der Waals surface area contributed by atoms with Crippen LogP contribution in [0.15, 0.2) is 33.9 Å². The van der Waals surface area contributed by atoms with Crippen LogP contribution in [0, 0.1) is 0 Å². The highest BCUT2D eigenvalue weighted by atomic mass is 16.5. The molecule has 26 heavy (non-hydrogen) atoms. The van der Waals surface area contributed by atoms with Crippen molar-refractivity contribution in [3.63, 3.8) is 0 Å². The van der Waals surface area contributed by atoms with Gasteiger partial charge < -0.3 is 19.4 Å². The number of nitrogens with zero attached hydrogens (tertiary/aromatic N) is 3. The van der Waals surface area contributed by atoms with Gasteiger partial charge in [-0.15, -0.1) is 0 Å². The average Bonchev–Trinajstić information content (AvgIpc) is 3.02. The third-order valence-electron chi connectivity index (χ3n) is 4.14. The fourth-order valence-corrected chi connectivity index (χ4v) is 2.69. The summed E-state index contributed by atoms with van der Waals surface area (Å²) < 4.78 is 13.3. The molecule has 2 heterocycles. The number of hydrogen-bond acceptors (Lipinski definition) is 6. The molecule has 0 aliphatic carbocycles. The average molecular weight is 359 g/mol. The zero-order chi connectivity index (χ0) is 18.7. The number of anilines is 1. The van der Waals surface area contributed by atoms with Crippen LogP contribution in [0.25, 0.3) is 11.2 Å². The van der Waals surface area contributed by atoms with Gasteiger partial charge >= 0.3 is 5.69 Å². The normalized spacial score (nSPS) is 11.0. The quantitative estimate of drug-likeness (QED) is 0.643. The lowest BCUT2D eigenvalue weighted by molar-refractivity contribution is 0.188. The van der Waals surface area contributed by atoms with Gasteiger partial charge in [0.2, 0.25) is 5.95 Å². The SMILES string of the molecule is COCCn1c(NCc2ccc(OC)cc2)nc2c1c(=O)[nH]c(=O)n2C. The molecule has 3 rings (SSSR count). The van der Waals surface area contributed by atoms with Gasteiger partial charge in [-0.2, -0.15) is 4.98 Å². The smallest absolute Gasteiger partial charge is 0.329 e. The van der Waals surface area contributed by atoms with Gasteiger partial charge in [-0.25, -0.2) is 4.79 Å². The predicted molar refractivity (Wildman–Crippen MR) is 97.8 cm³/mol. The van der Waals surface area contributed by atoms with E-state index in [2.05, 4.69) is 15.3 Å². The number of aryl methyl sites for hydroxylation is 1. The molecule has 138 valence electrons. The zero-order valence-corrected chi connectivity index (χ0v) is 14.9. The number of hydrogen-bond donors (Lipinski definition) is 2. The van der Waals surface area contributed by atoms with Crippen LogP contribution in [0.4, 0.5) is 5.95 Å². The molecule has 2 N–H and O–H groups in total. The Morgan fingerprint density at radius 1 is 1.19 bits per heavy atom. The van der Waals surface area contributed by atoms with E-state index in [9.17, 15) is 9.59 Å². The van der Waals surface area contributed by atoms with Crippen molar-refractivity contribution in [3.05, 3.63) is 50.7 Å². The minimum absolute atomic E-state index is 0.326. The van der Waals surface area contributed by atoms with Crippen LogP contribution in [0.5, 0.6) is 5.75 Å². The van der Waals surface area contributed by atoms with Crippen LogP contribution in [-0.4, -0.2) is 39.9 Å². The molecule has 1 aromatic carbocycles. The van der Waals surface area contributed by atoms with Gasteiger partial charge in [-0.1, -0.05) is 12.1 Å². The number of H-pyrrole nitrogens is 1. The van der Waals surface area contributed by atoms with Gasteiger partial charge in [-0.3, -0.25) is 14.3 Å². The molecular formula is C17H21N5O4. The van der Waals surface area contributed by atoms with Crippen molar-refractivity contribution in [1.29, 1.82) is 0 Å². The molecule has 0 fully saturated rings. The lowest BCUT2D eigenvalue weighted by atomic mass is 10.2. The van der Waals surface area contributed by atoms with E-state index >= 15 is 0 Å². The molecule has 0 bridgehead atoms. The van der Waals surface area contributed by atoms with Crippen molar-refractivity contribution < 1.29 is 9.47 Å². The lowest BCUT2D eigenvalue weighted by Crippen LogP contribution is -2.29. The van der Waals surface area contributed by atoms with E-state index in [0.717, 1.165) is 11.3 Å². The van der Waals surface area contributed by atoms with E-state index in [-0.39, 0.29) is 0 Å². The topological polar surface area (TPSA) is 103 Å². The van der Waals surface area contributed by atoms with E-state index < -0.39 is 11.2 Å². The van der Waals surface area contributed by atoms with Crippen LogP contribution in [-0.2, 0) is 24.9 Å². The Morgan fingerprint density at radius 2 is 1.92 bits per heavy atom. The van der Waals surface area contributed by atoms with Crippen molar-refractivity contribution >= 4 is 17.1 Å². The Kier molecular flexibility index (Phi) is 5.08. The van der Waals surface area contributed by atoms with Crippen molar-refractivity contribution in [2.75, 3.05) is 26.1 Å². The van der Waals surface area contributed by atoms with Gasteiger partial charge in [0.05, 0.1) is 13.7 Å². The number of fused-ring (bicyclic) bond motifs is 1. The second-order valence-electron chi connectivity index (χ2n) is 5.77. The Labute approximate surface area is 149 Å². The Morgan fingerprint density at radius 3 is 2.58 bits per heavy atom. The molecular weight excluding hydrogens is 338 g/mol. The highest BCUT2D eigenvalue weighted by Gasteiger charge is 2.17. The monoisotopic (exact) mass is 359 g/mol. The van der Waals surface area contributed by atoms with Crippen LogP contribution in [0.1, 0.15) is 5.56 Å². The molecule has 0 atom stereocenters. The van der Waals surface area contributed by atoms with Gasteiger partial charge in [0.1, 0.15) is 5.75 Å². The van der Waals surface area contributed by atoms with Crippen LogP contribution in [0.2, 0.25) is 0 Å². The number of rotatable bonds is 7. The highest BCUT2D eigenvalue weighted by Crippen LogP contribution is 2.17. The Balaban J connectivity index is 1.97. The predicted octanol–water partition coefficient (Wildman–Crippen LogP) is 0.690. The molecule has 0 spiro atoms. The Bertz CT molecular complexity index is 1020. The van der Waals surface area contributed by atoms with Crippen LogP contribution in [0.3, 0.4) is 0 Å². The van der Waals surface area contributed by atoms with Crippen molar-refractivity contribution in [3.8, 4) is 5.75 Å². The summed E-state index contributed by atoms with van der Waals surface area (Å²) in [5.41, 5.74) is 0.720. The first-order valence-corrected chi connectivity index (χ1v) is 8.10. The summed E-state index contributed by atoms with van der Waals surface area (Å²) in [7, 11) is 4.78. The molecule has 0 amide bonds. The number of aromatic nitrogens is 4. The van der Waals surface area contributed by atoms with E-state index in [0.29, 0.717) is 36.8 Å². The van der Waals surface area contributed by atoms with Gasteiger partial charge in [0.15, 0.2) is 11.2 Å². The number of aromatic amines is 1. The van der Waals surface area contributed by atoms with Crippen molar-refractivity contribution in [2.24, 2.45) is 7.05 Å². The summed E-state index contributed by atoms with van der Waals surface area (Å²) >= 11 is 0. The van der Waals surface area contributed by atoms with Crippen molar-refractivity contribution in [1.82, 2.24) is 19.1 Å². The number of imidazole rings is 1. The third-order valence-corrected chi connectivity index (χ3v) is 4.14. The summed E-state index contributed by atoms with van der Waals surface area (Å²) in [4.78, 5) is 30.9. The minimum Gasteiger partial charge on any atom is -0.497 e. The molecule has 9 nitrogen and oxygen atoms in total. The number of methoxy groups -OCH3 is 2. The van der Waals surface area contributed by atoms with E-state index in [1.807, 2.05) is 24.3 Å². The van der Waals surface area contributed by atoms with Gasteiger partial charge in [0, 0.05) is 27.2 Å². The van der Waals surface area contributed by atoms with Crippen LogP contribution < -0.4 is 21.3 Å². The fourth-order valence-electron chi connectivity index (χ4n) is 2.69. The standard InChI is InChI=1S/C17H21N5O4/c1-21-14-13(15(23)20-17(21)24)22(8-9-25-2)16(19-14)18-10-11-4-6-12(26-3)7-5-11/h4-7H,8-10H2,1-3H3,(H,18,19)(H,20,23,24). The molecule has 0 aliphatic heterocycles. The summed E-state index contributed by atoms with van der Waals surface area (Å²) in [6.45, 7) is 1.34. The molecule has 3 aromatic rings. The summed E-state index contributed by atoms with van der Waals surface area (Å²) in [5.74, 6) is 1.28. The zero-order valence-electron chi connectivity index (χ0n) is 14.9. The number of nitrogens with one attached hydrogen (secondary N) is 2. The van der Waals surface area contributed by atoms with Crippen LogP contribution >= 0.6 is 0 Å². The number of ether oxygens (including phenoxy) is 2. The second kappa shape index (κ2) is 7.44. The molecule has 0 saturated carbocycles. The number of benzene rings is 1. The first kappa shape index (κ1) is 17.7. The summed E-state index contributed by atoms with van der Waals surface area (Å²) in [6.07, 6.45) is 0. The maximum Gasteiger partial charge on any atom is 0.329 e. The van der Waals surface area contributed by atoms with E-state index in [1.54, 1.807) is 25.8 Å². The fraction of sp³-hybridized carbons (Fsp3) is 0.353. The maximum atomic E-state index is 12.3. The van der Waals surface area contributed by atoms with E-state index in [4.69, 9.17) is 9.47 Å². The molecule has 0 aliphatic rings. The Hall–Kier alpha value is -3.07. The molecule has 0 saturated heterocycles. The third kappa shape index (κ3) is 3.33. The van der Waals surface area contributed by atoms with Gasteiger partial charge in [-0.05, 0) is 17.7 Å².